The molecule has 170 valence electrons. The zero-order valence-electron chi connectivity index (χ0n) is 19.0. The number of amides is 3. The maximum absolute atomic E-state index is 12.6. The average molecular weight is 437 g/mol. The monoisotopic (exact) mass is 436 g/mol. The maximum atomic E-state index is 12.6. The van der Waals surface area contributed by atoms with E-state index in [4.69, 9.17) is 0 Å². The molecule has 0 spiro atoms. The fraction of sp³-hybridized carbons (Fsp3) is 0.400. The van der Waals surface area contributed by atoms with Crippen molar-refractivity contribution < 1.29 is 14.4 Å². The molecule has 7 nitrogen and oxygen atoms in total. The molecule has 0 aliphatic carbocycles. The molecule has 1 aliphatic rings. The molecule has 1 saturated heterocycles. The fourth-order valence-electron chi connectivity index (χ4n) is 3.56. The van der Waals surface area contributed by atoms with Crippen molar-refractivity contribution in [3.8, 4) is 0 Å². The van der Waals surface area contributed by atoms with Crippen molar-refractivity contribution in [1.82, 2.24) is 10.2 Å². The Morgan fingerprint density at radius 2 is 1.47 bits per heavy atom. The molecular weight excluding hydrogens is 404 g/mol. The lowest BCUT2D eigenvalue weighted by Crippen LogP contribution is -2.37. The summed E-state index contributed by atoms with van der Waals surface area (Å²) >= 11 is 0. The molecule has 2 aromatic rings. The van der Waals surface area contributed by atoms with Crippen molar-refractivity contribution in [2.24, 2.45) is 5.92 Å². The number of anilines is 2. The van der Waals surface area contributed by atoms with Crippen molar-refractivity contribution in [1.29, 1.82) is 0 Å². The highest BCUT2D eigenvalue weighted by Crippen LogP contribution is 2.19. The predicted octanol–water partition coefficient (Wildman–Crippen LogP) is 3.75. The molecule has 2 aromatic carbocycles. The Kier molecular flexibility index (Phi) is 7.87. The van der Waals surface area contributed by atoms with Gasteiger partial charge in [-0.15, -0.1) is 0 Å². The van der Waals surface area contributed by atoms with E-state index in [2.05, 4.69) is 22.9 Å². The summed E-state index contributed by atoms with van der Waals surface area (Å²) in [5.74, 6) is 0.395. The number of hydrogen-bond acceptors (Lipinski definition) is 4. The standard InChI is InChI=1S/C25H32N4O3/c1-17(2)27-24(31)19-4-8-21(9-5-19)26-16-23(30)28-22-10-6-20(7-11-22)25(32)29-14-12-18(3)13-15-29/h4-11,17-18,26H,12-16H2,1-3H3,(H,27,31)(H,28,30). The minimum absolute atomic E-state index is 0.0435. The zero-order valence-corrected chi connectivity index (χ0v) is 19.0. The number of nitrogens with one attached hydrogen (secondary N) is 3. The number of carbonyl (C=O) groups is 3. The number of piperidine rings is 1. The molecule has 1 fully saturated rings. The molecule has 1 heterocycles. The van der Waals surface area contributed by atoms with Crippen molar-refractivity contribution >= 4 is 29.1 Å². The van der Waals surface area contributed by atoms with Crippen molar-refractivity contribution in [3.63, 3.8) is 0 Å². The van der Waals surface area contributed by atoms with Gasteiger partial charge in [-0.1, -0.05) is 6.92 Å². The first-order valence-corrected chi connectivity index (χ1v) is 11.2. The van der Waals surface area contributed by atoms with Gasteiger partial charge in [0.1, 0.15) is 0 Å². The minimum atomic E-state index is -0.198. The van der Waals surface area contributed by atoms with Crippen LogP contribution in [0.25, 0.3) is 0 Å². The van der Waals surface area contributed by atoms with E-state index >= 15 is 0 Å². The van der Waals surface area contributed by atoms with E-state index in [1.165, 1.54) is 0 Å². The van der Waals surface area contributed by atoms with E-state index in [9.17, 15) is 14.4 Å². The molecule has 32 heavy (non-hydrogen) atoms. The number of carbonyl (C=O) groups excluding carboxylic acids is 3. The summed E-state index contributed by atoms with van der Waals surface area (Å²) in [6.07, 6.45) is 2.08. The number of rotatable bonds is 7. The Labute approximate surface area is 189 Å². The molecule has 0 aromatic heterocycles. The van der Waals surface area contributed by atoms with Gasteiger partial charge < -0.3 is 20.9 Å². The molecule has 0 unspecified atom stereocenters. The third kappa shape index (κ3) is 6.57. The predicted molar refractivity (Wildman–Crippen MR) is 127 cm³/mol. The van der Waals surface area contributed by atoms with Crippen LogP contribution >= 0.6 is 0 Å². The maximum Gasteiger partial charge on any atom is 0.253 e. The fourth-order valence-corrected chi connectivity index (χ4v) is 3.56. The van der Waals surface area contributed by atoms with Gasteiger partial charge in [-0.2, -0.15) is 0 Å². The Hall–Kier alpha value is -3.35. The molecule has 0 radical (unpaired) electrons. The highest BCUT2D eigenvalue weighted by molar-refractivity contribution is 5.97. The lowest BCUT2D eigenvalue weighted by Gasteiger charge is -2.30. The van der Waals surface area contributed by atoms with Gasteiger partial charge in [0.05, 0.1) is 6.54 Å². The molecule has 3 rings (SSSR count). The van der Waals surface area contributed by atoms with E-state index in [-0.39, 0.29) is 30.3 Å². The minimum Gasteiger partial charge on any atom is -0.376 e. The van der Waals surface area contributed by atoms with Gasteiger partial charge in [0.2, 0.25) is 5.91 Å². The molecule has 7 heteroatoms. The van der Waals surface area contributed by atoms with Gasteiger partial charge >= 0.3 is 0 Å². The third-order valence-corrected chi connectivity index (χ3v) is 5.51. The van der Waals surface area contributed by atoms with Gasteiger partial charge in [0.15, 0.2) is 0 Å². The summed E-state index contributed by atoms with van der Waals surface area (Å²) in [4.78, 5) is 38.8. The average Bonchev–Trinajstić information content (AvgIpc) is 2.78. The van der Waals surface area contributed by atoms with Crippen LogP contribution in [0, 0.1) is 5.92 Å². The van der Waals surface area contributed by atoms with E-state index in [0.29, 0.717) is 22.7 Å². The van der Waals surface area contributed by atoms with Gasteiger partial charge in [-0.05, 0) is 81.1 Å². The summed E-state index contributed by atoms with van der Waals surface area (Å²) < 4.78 is 0. The molecule has 3 N–H and O–H groups in total. The van der Waals surface area contributed by atoms with Gasteiger partial charge in [0.25, 0.3) is 11.8 Å². The van der Waals surface area contributed by atoms with Crippen LogP contribution in [0.5, 0.6) is 0 Å². The third-order valence-electron chi connectivity index (χ3n) is 5.51. The number of nitrogens with zero attached hydrogens (tertiary/aromatic N) is 1. The second kappa shape index (κ2) is 10.8. The summed E-state index contributed by atoms with van der Waals surface area (Å²) in [7, 11) is 0. The smallest absolute Gasteiger partial charge is 0.253 e. The van der Waals surface area contributed by atoms with Gasteiger partial charge in [-0.3, -0.25) is 14.4 Å². The highest BCUT2D eigenvalue weighted by atomic mass is 16.2. The zero-order chi connectivity index (χ0) is 23.1. The lowest BCUT2D eigenvalue weighted by atomic mass is 9.98. The highest BCUT2D eigenvalue weighted by Gasteiger charge is 2.21. The van der Waals surface area contributed by atoms with E-state index < -0.39 is 0 Å². The summed E-state index contributed by atoms with van der Waals surface area (Å²) in [5.41, 5.74) is 2.60. The van der Waals surface area contributed by atoms with Crippen molar-refractivity contribution in [2.75, 3.05) is 30.3 Å². The van der Waals surface area contributed by atoms with Gasteiger partial charge in [-0.25, -0.2) is 0 Å². The summed E-state index contributed by atoms with van der Waals surface area (Å²) in [6, 6.07) is 14.1. The molecule has 3 amide bonds. The summed E-state index contributed by atoms with van der Waals surface area (Å²) in [5, 5.41) is 8.71. The van der Waals surface area contributed by atoms with Crippen LogP contribution in [0.4, 0.5) is 11.4 Å². The first kappa shape index (κ1) is 23.3. The molecular formula is C25H32N4O3. The number of likely N-dealkylation sites (tertiary alicyclic amines) is 1. The van der Waals surface area contributed by atoms with Gasteiger partial charge in [0, 0.05) is 41.6 Å². The lowest BCUT2D eigenvalue weighted by molar-refractivity contribution is -0.114. The van der Waals surface area contributed by atoms with Crippen molar-refractivity contribution in [3.05, 3.63) is 59.7 Å². The Morgan fingerprint density at radius 1 is 0.906 bits per heavy atom. The van der Waals surface area contributed by atoms with Crippen LogP contribution in [0.1, 0.15) is 54.3 Å². The van der Waals surface area contributed by atoms with Crippen LogP contribution in [0.15, 0.2) is 48.5 Å². The molecule has 1 aliphatic heterocycles. The Bertz CT molecular complexity index is 931. The quantitative estimate of drug-likeness (QED) is 0.617. The number of benzene rings is 2. The SMILES string of the molecule is CC1CCN(C(=O)c2ccc(NC(=O)CNc3ccc(C(=O)NC(C)C)cc3)cc2)CC1. The largest absolute Gasteiger partial charge is 0.376 e. The van der Waals surface area contributed by atoms with E-state index in [1.807, 2.05) is 18.7 Å². The van der Waals surface area contributed by atoms with E-state index in [1.54, 1.807) is 48.5 Å². The van der Waals surface area contributed by atoms with Crippen LogP contribution in [-0.2, 0) is 4.79 Å². The molecule has 0 bridgehead atoms. The first-order chi connectivity index (χ1) is 15.3. The van der Waals surface area contributed by atoms with Crippen LogP contribution in [0.3, 0.4) is 0 Å². The normalized spacial score (nSPS) is 14.2. The van der Waals surface area contributed by atoms with Crippen LogP contribution < -0.4 is 16.0 Å². The van der Waals surface area contributed by atoms with Crippen LogP contribution in [0.2, 0.25) is 0 Å². The topological polar surface area (TPSA) is 90.5 Å². The Morgan fingerprint density at radius 3 is 2.06 bits per heavy atom. The van der Waals surface area contributed by atoms with Crippen molar-refractivity contribution in [2.45, 2.75) is 39.7 Å². The van der Waals surface area contributed by atoms with E-state index in [0.717, 1.165) is 31.6 Å². The molecule has 0 saturated carbocycles. The number of hydrogen-bond donors (Lipinski definition) is 3. The second-order valence-corrected chi connectivity index (χ2v) is 8.66. The first-order valence-electron chi connectivity index (χ1n) is 11.2. The summed E-state index contributed by atoms with van der Waals surface area (Å²) in [6.45, 7) is 7.72. The Balaban J connectivity index is 1.47. The second-order valence-electron chi connectivity index (χ2n) is 8.66. The molecule has 0 atom stereocenters. The van der Waals surface area contributed by atoms with Crippen LogP contribution in [-0.4, -0.2) is 48.3 Å².